The van der Waals surface area contributed by atoms with Gasteiger partial charge in [-0.15, -0.1) is 11.8 Å². The van der Waals surface area contributed by atoms with Crippen molar-refractivity contribution in [2.75, 3.05) is 26.2 Å². The van der Waals surface area contributed by atoms with Crippen LogP contribution >= 0.6 is 0 Å². The number of carbonyl (C=O) groups excluding carboxylic acids is 1. The van der Waals surface area contributed by atoms with Gasteiger partial charge in [-0.05, 0) is 26.2 Å². The summed E-state index contributed by atoms with van der Waals surface area (Å²) in [6.07, 6.45) is 5.11. The third-order valence-electron chi connectivity index (χ3n) is 2.83. The smallest absolute Gasteiger partial charge is 0.223 e. The molecule has 0 unspecified atom stereocenters. The van der Waals surface area contributed by atoms with Crippen LogP contribution < -0.4 is 5.32 Å². The number of likely N-dealkylation sites (tertiary alicyclic amines) is 1. The summed E-state index contributed by atoms with van der Waals surface area (Å²) in [6.45, 7) is 5.43. The maximum Gasteiger partial charge on any atom is 0.223 e. The predicted molar refractivity (Wildman–Crippen MR) is 66.0 cm³/mol. The number of nitrogens with one attached hydrogen (secondary N) is 1. The Hall–Kier alpha value is -1.01. The molecule has 0 radical (unpaired) electrons. The van der Waals surface area contributed by atoms with Gasteiger partial charge in [-0.1, -0.05) is 0 Å². The molecule has 1 fully saturated rings. The van der Waals surface area contributed by atoms with Crippen molar-refractivity contribution in [2.24, 2.45) is 0 Å². The molecule has 3 heteroatoms. The summed E-state index contributed by atoms with van der Waals surface area (Å²) in [6, 6.07) is 0. The monoisotopic (exact) mass is 222 g/mol. The van der Waals surface area contributed by atoms with Gasteiger partial charge >= 0.3 is 0 Å². The Morgan fingerprint density at radius 1 is 1.25 bits per heavy atom. The molecule has 0 aromatic carbocycles. The minimum absolute atomic E-state index is 0.300. The number of nitrogens with zero attached hydrogens (tertiary/aromatic N) is 1. The van der Waals surface area contributed by atoms with Crippen molar-refractivity contribution in [2.45, 2.75) is 39.0 Å². The molecule has 90 valence electrons. The molecule has 1 heterocycles. The van der Waals surface area contributed by atoms with E-state index in [-0.39, 0.29) is 0 Å². The zero-order valence-corrected chi connectivity index (χ0v) is 10.2. The Morgan fingerprint density at radius 3 is 2.69 bits per heavy atom. The molecule has 1 amide bonds. The van der Waals surface area contributed by atoms with E-state index in [1.807, 2.05) is 11.8 Å². The Morgan fingerprint density at radius 2 is 2.00 bits per heavy atom. The van der Waals surface area contributed by atoms with Crippen LogP contribution in [-0.4, -0.2) is 37.0 Å². The molecule has 1 aliphatic rings. The van der Waals surface area contributed by atoms with Crippen molar-refractivity contribution in [1.29, 1.82) is 0 Å². The van der Waals surface area contributed by atoms with E-state index in [4.69, 9.17) is 0 Å². The summed E-state index contributed by atoms with van der Waals surface area (Å²) in [7, 11) is 0. The van der Waals surface area contributed by atoms with Crippen LogP contribution in [0.1, 0.15) is 39.0 Å². The molecule has 0 saturated carbocycles. The molecule has 16 heavy (non-hydrogen) atoms. The van der Waals surface area contributed by atoms with E-state index in [9.17, 15) is 4.79 Å². The fourth-order valence-electron chi connectivity index (χ4n) is 1.90. The quantitative estimate of drug-likeness (QED) is 0.563. The Kier molecular flexibility index (Phi) is 6.67. The Bertz CT molecular complexity index is 259. The van der Waals surface area contributed by atoms with Crippen LogP contribution in [-0.2, 0) is 4.79 Å². The lowest BCUT2D eigenvalue weighted by Gasteiger charge is -2.26. The molecule has 0 aromatic rings. The first-order chi connectivity index (χ1) is 7.84. The van der Waals surface area contributed by atoms with Gasteiger partial charge in [0, 0.05) is 39.0 Å². The Labute approximate surface area is 98.6 Å². The van der Waals surface area contributed by atoms with E-state index in [2.05, 4.69) is 17.2 Å². The number of carbonyl (C=O) groups is 1. The van der Waals surface area contributed by atoms with Gasteiger partial charge in [0.05, 0.1) is 0 Å². The van der Waals surface area contributed by atoms with Crippen LogP contribution in [0.5, 0.6) is 0 Å². The highest BCUT2D eigenvalue weighted by Crippen LogP contribution is 2.09. The second-order valence-corrected chi connectivity index (χ2v) is 4.12. The van der Waals surface area contributed by atoms with Crippen LogP contribution in [0.3, 0.4) is 0 Å². The summed E-state index contributed by atoms with van der Waals surface area (Å²) >= 11 is 0. The lowest BCUT2D eigenvalue weighted by atomic mass is 10.1. The second-order valence-electron chi connectivity index (χ2n) is 4.12. The molecular weight excluding hydrogens is 200 g/mol. The molecule has 0 aromatic heterocycles. The van der Waals surface area contributed by atoms with Crippen LogP contribution in [0.2, 0.25) is 0 Å². The number of rotatable bonds is 5. The first-order valence-corrected chi connectivity index (χ1v) is 6.22. The molecule has 1 N–H and O–H groups in total. The van der Waals surface area contributed by atoms with Gasteiger partial charge in [0.15, 0.2) is 0 Å². The molecule has 1 rings (SSSR count). The highest BCUT2D eigenvalue weighted by Gasteiger charge is 2.15. The van der Waals surface area contributed by atoms with E-state index >= 15 is 0 Å². The van der Waals surface area contributed by atoms with Crippen LogP contribution in [0.15, 0.2) is 0 Å². The SMILES string of the molecule is CC#CCCNCCC(=O)N1CCCCC1. The van der Waals surface area contributed by atoms with Gasteiger partial charge in [-0.25, -0.2) is 0 Å². The van der Waals surface area contributed by atoms with E-state index in [0.29, 0.717) is 12.3 Å². The lowest BCUT2D eigenvalue weighted by molar-refractivity contribution is -0.131. The van der Waals surface area contributed by atoms with E-state index in [1.165, 1.54) is 19.3 Å². The molecule has 0 aliphatic carbocycles. The van der Waals surface area contributed by atoms with Crippen LogP contribution in [0.4, 0.5) is 0 Å². The maximum atomic E-state index is 11.7. The summed E-state index contributed by atoms with van der Waals surface area (Å²) in [4.78, 5) is 13.7. The summed E-state index contributed by atoms with van der Waals surface area (Å²) < 4.78 is 0. The summed E-state index contributed by atoms with van der Waals surface area (Å²) in [5, 5.41) is 3.24. The summed E-state index contributed by atoms with van der Waals surface area (Å²) in [5.41, 5.74) is 0. The third kappa shape index (κ3) is 5.18. The lowest BCUT2D eigenvalue weighted by Crippen LogP contribution is -2.37. The van der Waals surface area contributed by atoms with Gasteiger partial charge in [0.1, 0.15) is 0 Å². The van der Waals surface area contributed by atoms with Crippen molar-refractivity contribution < 1.29 is 4.79 Å². The summed E-state index contributed by atoms with van der Waals surface area (Å²) in [5.74, 6) is 6.15. The average molecular weight is 222 g/mol. The van der Waals surface area contributed by atoms with Gasteiger partial charge in [-0.3, -0.25) is 4.79 Å². The zero-order chi connectivity index (χ0) is 11.6. The van der Waals surface area contributed by atoms with Crippen molar-refractivity contribution in [3.8, 4) is 11.8 Å². The standard InChI is InChI=1S/C13H22N2O/c1-2-3-5-9-14-10-8-13(16)15-11-6-4-7-12-15/h14H,4-12H2,1H3. The average Bonchev–Trinajstić information content (AvgIpc) is 2.34. The van der Waals surface area contributed by atoms with Crippen molar-refractivity contribution in [3.05, 3.63) is 0 Å². The van der Waals surface area contributed by atoms with E-state index < -0.39 is 0 Å². The van der Waals surface area contributed by atoms with Crippen LogP contribution in [0, 0.1) is 11.8 Å². The largest absolute Gasteiger partial charge is 0.343 e. The predicted octanol–water partition coefficient (Wildman–Crippen LogP) is 1.39. The fourth-order valence-corrected chi connectivity index (χ4v) is 1.90. The van der Waals surface area contributed by atoms with Crippen molar-refractivity contribution in [1.82, 2.24) is 10.2 Å². The minimum atomic E-state index is 0.300. The normalized spacial score (nSPS) is 15.4. The molecule has 3 nitrogen and oxygen atoms in total. The van der Waals surface area contributed by atoms with Gasteiger partial charge in [0.2, 0.25) is 5.91 Å². The van der Waals surface area contributed by atoms with E-state index in [0.717, 1.165) is 32.6 Å². The molecule has 1 aliphatic heterocycles. The molecule has 0 atom stereocenters. The second kappa shape index (κ2) is 8.18. The van der Waals surface area contributed by atoms with Gasteiger partial charge in [0.25, 0.3) is 0 Å². The zero-order valence-electron chi connectivity index (χ0n) is 10.2. The van der Waals surface area contributed by atoms with Crippen LogP contribution in [0.25, 0.3) is 0 Å². The first-order valence-electron chi connectivity index (χ1n) is 6.22. The van der Waals surface area contributed by atoms with E-state index in [1.54, 1.807) is 0 Å². The van der Waals surface area contributed by atoms with Gasteiger partial charge in [-0.2, -0.15) is 0 Å². The molecule has 1 saturated heterocycles. The maximum absolute atomic E-state index is 11.7. The molecular formula is C13H22N2O. The topological polar surface area (TPSA) is 32.3 Å². The third-order valence-corrected chi connectivity index (χ3v) is 2.83. The van der Waals surface area contributed by atoms with Crippen molar-refractivity contribution >= 4 is 5.91 Å². The van der Waals surface area contributed by atoms with Crippen molar-refractivity contribution in [3.63, 3.8) is 0 Å². The molecule has 0 spiro atoms. The minimum Gasteiger partial charge on any atom is -0.343 e. The fraction of sp³-hybridized carbons (Fsp3) is 0.769. The Balaban J connectivity index is 2.02. The van der Waals surface area contributed by atoms with Gasteiger partial charge < -0.3 is 10.2 Å². The number of amides is 1. The first kappa shape index (κ1) is 13.1. The number of hydrogen-bond acceptors (Lipinski definition) is 2. The highest BCUT2D eigenvalue weighted by atomic mass is 16.2. The number of piperidine rings is 1. The highest BCUT2D eigenvalue weighted by molar-refractivity contribution is 5.76. The number of hydrogen-bond donors (Lipinski definition) is 1. The molecule has 0 bridgehead atoms.